The van der Waals surface area contributed by atoms with Gasteiger partial charge in [-0.15, -0.1) is 11.3 Å². The number of H-pyrrole nitrogens is 1. The minimum absolute atomic E-state index is 0.179. The zero-order valence-electron chi connectivity index (χ0n) is 16.8. The molecular formula is C22H20ClFN4O2S. The summed E-state index contributed by atoms with van der Waals surface area (Å²) in [5, 5.41) is 3.88. The monoisotopic (exact) mass is 458 g/mol. The highest BCUT2D eigenvalue weighted by Gasteiger charge is 2.12. The van der Waals surface area contributed by atoms with E-state index in [2.05, 4.69) is 19.9 Å². The van der Waals surface area contributed by atoms with Crippen LogP contribution < -0.4 is 10.3 Å². The van der Waals surface area contributed by atoms with E-state index in [1.807, 2.05) is 12.3 Å². The fourth-order valence-corrected chi connectivity index (χ4v) is 3.98. The summed E-state index contributed by atoms with van der Waals surface area (Å²) in [6.45, 7) is 4.22. The van der Waals surface area contributed by atoms with Gasteiger partial charge in [-0.25, -0.2) is 14.4 Å². The van der Waals surface area contributed by atoms with Crippen LogP contribution in [0.2, 0.25) is 5.02 Å². The van der Waals surface area contributed by atoms with E-state index in [1.165, 1.54) is 23.5 Å². The Hall–Kier alpha value is -2.81. The van der Waals surface area contributed by atoms with Crippen LogP contribution in [0.3, 0.4) is 0 Å². The Labute approximate surface area is 187 Å². The van der Waals surface area contributed by atoms with Gasteiger partial charge < -0.3 is 9.72 Å². The number of halogens is 2. The van der Waals surface area contributed by atoms with E-state index < -0.39 is 0 Å². The maximum atomic E-state index is 13.0. The molecule has 2 heterocycles. The molecule has 2 aromatic heterocycles. The van der Waals surface area contributed by atoms with Gasteiger partial charge in [-0.05, 0) is 49.0 Å². The molecule has 9 heteroatoms. The second-order valence-corrected chi connectivity index (χ2v) is 8.33. The molecule has 1 N–H and O–H groups in total. The van der Waals surface area contributed by atoms with Crippen LogP contribution in [0, 0.1) is 5.82 Å². The third-order valence-electron chi connectivity index (χ3n) is 4.70. The highest BCUT2D eigenvalue weighted by Crippen LogP contribution is 2.18. The minimum Gasteiger partial charge on any atom is -0.486 e. The van der Waals surface area contributed by atoms with Crippen molar-refractivity contribution in [1.29, 1.82) is 0 Å². The first-order valence-corrected chi connectivity index (χ1v) is 11.0. The molecule has 0 saturated carbocycles. The Kier molecular flexibility index (Phi) is 6.60. The van der Waals surface area contributed by atoms with Crippen LogP contribution in [-0.4, -0.2) is 26.4 Å². The average molecular weight is 459 g/mol. The van der Waals surface area contributed by atoms with Crippen LogP contribution in [0.1, 0.15) is 23.4 Å². The molecule has 160 valence electrons. The molecule has 0 saturated heterocycles. The number of hydrogen-bond acceptors (Lipinski definition) is 6. The van der Waals surface area contributed by atoms with Crippen molar-refractivity contribution in [3.05, 3.63) is 85.6 Å². The second kappa shape index (κ2) is 9.55. The predicted molar refractivity (Wildman–Crippen MR) is 120 cm³/mol. The molecule has 0 atom stereocenters. The number of ether oxygens (including phenoxy) is 1. The van der Waals surface area contributed by atoms with Gasteiger partial charge in [-0.3, -0.25) is 9.69 Å². The van der Waals surface area contributed by atoms with Gasteiger partial charge in [-0.2, -0.15) is 0 Å². The fraction of sp³-hybridized carbons (Fsp3) is 0.227. The Bertz CT molecular complexity index is 1240. The summed E-state index contributed by atoms with van der Waals surface area (Å²) < 4.78 is 18.6. The summed E-state index contributed by atoms with van der Waals surface area (Å²) >= 11 is 7.55. The molecule has 0 amide bonds. The number of hydrogen-bond donors (Lipinski definition) is 1. The molecule has 0 aliphatic heterocycles. The van der Waals surface area contributed by atoms with Gasteiger partial charge in [0, 0.05) is 16.9 Å². The number of benzene rings is 2. The lowest BCUT2D eigenvalue weighted by atomic mass is 10.2. The highest BCUT2D eigenvalue weighted by atomic mass is 35.5. The smallest absolute Gasteiger partial charge is 0.258 e. The largest absolute Gasteiger partial charge is 0.486 e. The lowest BCUT2D eigenvalue weighted by Crippen LogP contribution is -2.25. The van der Waals surface area contributed by atoms with E-state index in [0.717, 1.165) is 17.2 Å². The molecule has 6 nitrogen and oxygen atoms in total. The molecule has 0 aliphatic rings. The summed E-state index contributed by atoms with van der Waals surface area (Å²) in [6, 6.07) is 11.0. The van der Waals surface area contributed by atoms with Gasteiger partial charge in [-0.1, -0.05) is 18.5 Å². The molecule has 4 aromatic rings. The van der Waals surface area contributed by atoms with Gasteiger partial charge in [0.15, 0.2) is 0 Å². The lowest BCUT2D eigenvalue weighted by molar-refractivity contribution is 0.260. The number of nitrogens with one attached hydrogen (secondary N) is 1. The van der Waals surface area contributed by atoms with Crippen molar-refractivity contribution in [2.75, 3.05) is 6.54 Å². The first kappa shape index (κ1) is 21.4. The number of fused-ring (bicyclic) bond motifs is 1. The van der Waals surface area contributed by atoms with E-state index in [1.54, 1.807) is 30.3 Å². The summed E-state index contributed by atoms with van der Waals surface area (Å²) in [6.07, 6.45) is 0. The predicted octanol–water partition coefficient (Wildman–Crippen LogP) is 4.77. The third kappa shape index (κ3) is 5.46. The summed E-state index contributed by atoms with van der Waals surface area (Å²) in [5.41, 5.74) is 1.31. The van der Waals surface area contributed by atoms with Crippen LogP contribution in [0.25, 0.3) is 10.9 Å². The molecular weight excluding hydrogens is 439 g/mol. The van der Waals surface area contributed by atoms with Crippen molar-refractivity contribution in [3.63, 3.8) is 0 Å². The normalized spacial score (nSPS) is 11.4. The molecule has 2 aromatic carbocycles. The van der Waals surface area contributed by atoms with Gasteiger partial charge >= 0.3 is 0 Å². The summed E-state index contributed by atoms with van der Waals surface area (Å²) in [5.74, 6) is 0.880. The van der Waals surface area contributed by atoms with Gasteiger partial charge in [0.2, 0.25) is 0 Å². The zero-order valence-corrected chi connectivity index (χ0v) is 18.3. The van der Waals surface area contributed by atoms with Gasteiger partial charge in [0.25, 0.3) is 5.56 Å². The Morgan fingerprint density at radius 3 is 2.74 bits per heavy atom. The molecule has 0 bridgehead atoms. The van der Waals surface area contributed by atoms with E-state index in [9.17, 15) is 9.18 Å². The molecule has 0 unspecified atom stereocenters. The molecule has 31 heavy (non-hydrogen) atoms. The first-order valence-electron chi connectivity index (χ1n) is 9.72. The quantitative estimate of drug-likeness (QED) is 0.411. The van der Waals surface area contributed by atoms with Crippen molar-refractivity contribution in [1.82, 2.24) is 19.9 Å². The molecule has 0 fully saturated rings. The third-order valence-corrected chi connectivity index (χ3v) is 5.81. The lowest BCUT2D eigenvalue weighted by Gasteiger charge is -2.18. The number of nitrogens with zero attached hydrogens (tertiary/aromatic N) is 3. The van der Waals surface area contributed by atoms with Gasteiger partial charge in [0.05, 0.1) is 23.1 Å². The average Bonchev–Trinajstić information content (AvgIpc) is 3.20. The van der Waals surface area contributed by atoms with Crippen LogP contribution in [-0.2, 0) is 19.7 Å². The highest BCUT2D eigenvalue weighted by molar-refractivity contribution is 7.09. The number of aromatic amines is 1. The van der Waals surface area contributed by atoms with Crippen molar-refractivity contribution >= 4 is 33.8 Å². The van der Waals surface area contributed by atoms with Crippen LogP contribution in [0.15, 0.2) is 52.6 Å². The minimum atomic E-state index is -0.297. The molecule has 4 rings (SSSR count). The standard InChI is InChI=1S/C22H20ClFN4O2S/c1-2-28(11-20-26-19-9-14(23)3-8-18(19)22(29)27-20)10-16-13-31-21(25-16)12-30-17-6-4-15(24)5-7-17/h3-9,13H,2,10-12H2,1H3,(H,26,27,29). The van der Waals surface area contributed by atoms with E-state index in [-0.39, 0.29) is 11.4 Å². The maximum absolute atomic E-state index is 13.0. The first-order chi connectivity index (χ1) is 15.0. The van der Waals surface area contributed by atoms with Crippen LogP contribution in [0.5, 0.6) is 5.75 Å². The van der Waals surface area contributed by atoms with E-state index in [0.29, 0.717) is 47.2 Å². The van der Waals surface area contributed by atoms with Crippen molar-refractivity contribution in [2.45, 2.75) is 26.6 Å². The van der Waals surface area contributed by atoms with E-state index >= 15 is 0 Å². The Morgan fingerprint density at radius 1 is 1.16 bits per heavy atom. The number of rotatable bonds is 8. The molecule has 0 radical (unpaired) electrons. The maximum Gasteiger partial charge on any atom is 0.258 e. The zero-order chi connectivity index (χ0) is 21.8. The second-order valence-electron chi connectivity index (χ2n) is 6.95. The van der Waals surface area contributed by atoms with Crippen LogP contribution in [0.4, 0.5) is 4.39 Å². The van der Waals surface area contributed by atoms with Crippen LogP contribution >= 0.6 is 22.9 Å². The molecule has 0 spiro atoms. The molecule has 0 aliphatic carbocycles. The van der Waals surface area contributed by atoms with Crippen molar-refractivity contribution < 1.29 is 9.13 Å². The summed E-state index contributed by atoms with van der Waals surface area (Å²) in [4.78, 5) is 26.5. The van der Waals surface area contributed by atoms with E-state index in [4.69, 9.17) is 16.3 Å². The topological polar surface area (TPSA) is 71.1 Å². The Balaban J connectivity index is 1.41. The number of aromatic nitrogens is 3. The fourth-order valence-electron chi connectivity index (χ4n) is 3.12. The van der Waals surface area contributed by atoms with Gasteiger partial charge in [0.1, 0.15) is 29.0 Å². The SMILES string of the molecule is CCN(Cc1csc(COc2ccc(F)cc2)n1)Cc1nc2cc(Cl)ccc2c(=O)[nH]1. The summed E-state index contributed by atoms with van der Waals surface area (Å²) in [7, 11) is 0. The number of thiazole rings is 1. The van der Waals surface area contributed by atoms with Crippen molar-refractivity contribution in [2.24, 2.45) is 0 Å². The Morgan fingerprint density at radius 2 is 1.97 bits per heavy atom. The van der Waals surface area contributed by atoms with Crippen molar-refractivity contribution in [3.8, 4) is 5.75 Å².